The van der Waals surface area contributed by atoms with Crippen LogP contribution < -0.4 is 5.73 Å². The van der Waals surface area contributed by atoms with Crippen LogP contribution in [0, 0.1) is 0 Å². The molecule has 0 saturated carbocycles. The van der Waals surface area contributed by atoms with Gasteiger partial charge < -0.3 is 10.8 Å². The molecule has 3 rings (SSSR count). The van der Waals surface area contributed by atoms with Crippen LogP contribution in [0.5, 0.6) is 0 Å². The molecule has 3 heterocycles. The Kier molecular flexibility index (Phi) is 3.12. The van der Waals surface area contributed by atoms with Gasteiger partial charge in [-0.2, -0.15) is 0 Å². The molecule has 104 valence electrons. The maximum Gasteiger partial charge on any atom is 0.353 e. The minimum Gasteiger partial charge on any atom is -0.477 e. The first-order chi connectivity index (χ1) is 9.50. The maximum absolute atomic E-state index is 12.1. The zero-order valence-electron chi connectivity index (χ0n) is 9.85. The lowest BCUT2D eigenvalue weighted by atomic mass is 9.89. The van der Waals surface area contributed by atoms with Gasteiger partial charge in [-0.3, -0.25) is 9.69 Å². The van der Waals surface area contributed by atoms with E-state index in [0.29, 0.717) is 16.3 Å². The van der Waals surface area contributed by atoms with Gasteiger partial charge in [0.25, 0.3) is 5.91 Å². The Morgan fingerprint density at radius 3 is 3.00 bits per heavy atom. The van der Waals surface area contributed by atoms with Gasteiger partial charge in [0.2, 0.25) is 0 Å². The molecule has 2 atom stereocenters. The van der Waals surface area contributed by atoms with E-state index in [2.05, 4.69) is 10.2 Å². The van der Waals surface area contributed by atoms with Crippen LogP contribution in [0.25, 0.3) is 5.57 Å². The topological polar surface area (TPSA) is 109 Å². The lowest BCUT2D eigenvalue weighted by molar-refractivity contribution is -0.150. The monoisotopic (exact) mass is 328 g/mol. The Labute approximate surface area is 126 Å². The fourth-order valence-corrected chi connectivity index (χ4v) is 4.58. The molecule has 2 aliphatic heterocycles. The quantitative estimate of drug-likeness (QED) is 0.587. The number of thioether (sulfide) groups is 1. The third-order valence-corrected chi connectivity index (χ3v) is 5.67. The number of aromatic nitrogens is 2. The predicted octanol–water partition coefficient (Wildman–Crippen LogP) is -0.0539. The number of carboxylic acid groups (broad SMARTS) is 1. The highest BCUT2D eigenvalue weighted by molar-refractivity contribution is 8.00. The van der Waals surface area contributed by atoms with E-state index >= 15 is 0 Å². The Morgan fingerprint density at radius 2 is 2.45 bits per heavy atom. The second kappa shape index (κ2) is 4.58. The molecule has 1 saturated heterocycles. The van der Waals surface area contributed by atoms with Gasteiger partial charge in [0.15, 0.2) is 5.54 Å². The number of fused-ring (bicyclic) bond motifs is 1. The van der Waals surface area contributed by atoms with E-state index in [1.165, 1.54) is 38.9 Å². The van der Waals surface area contributed by atoms with Crippen LogP contribution in [0.3, 0.4) is 0 Å². The largest absolute Gasteiger partial charge is 0.477 e. The summed E-state index contributed by atoms with van der Waals surface area (Å²) in [5.74, 6) is -1.28. The number of carbonyl (C=O) groups excluding carboxylic acids is 1. The van der Waals surface area contributed by atoms with Crippen molar-refractivity contribution in [2.24, 2.45) is 5.73 Å². The van der Waals surface area contributed by atoms with Gasteiger partial charge in [-0.15, -0.1) is 33.3 Å². The lowest BCUT2D eigenvalue weighted by Gasteiger charge is -2.53. The highest BCUT2D eigenvalue weighted by Crippen LogP contribution is 2.46. The first kappa shape index (κ1) is 13.6. The smallest absolute Gasteiger partial charge is 0.353 e. The molecule has 0 bridgehead atoms. The fourth-order valence-electron chi connectivity index (χ4n) is 2.18. The molecule has 2 aliphatic rings. The van der Waals surface area contributed by atoms with E-state index in [0.717, 1.165) is 0 Å². The van der Waals surface area contributed by atoms with Gasteiger partial charge in [-0.25, -0.2) is 4.79 Å². The standard InChI is InChI=1S/C10H8N4O3S3/c11-10(2-18)8(17)14-5(7(15)16)4(1-19-9(10)14)6-13-12-3-20-6/h2-3,9H,1,11H2,(H,15,16)/t9-,10?/m0/s1. The number of β-lactam (4-membered cyclic amide) rings is 1. The molecule has 1 unspecified atom stereocenters. The van der Waals surface area contributed by atoms with Crippen molar-refractivity contribution in [2.45, 2.75) is 10.9 Å². The first-order valence-corrected chi connectivity index (χ1v) is 7.84. The van der Waals surface area contributed by atoms with Crippen LogP contribution in [-0.4, -0.2) is 54.1 Å². The van der Waals surface area contributed by atoms with Crippen LogP contribution in [0.1, 0.15) is 5.01 Å². The average Bonchev–Trinajstić information content (AvgIpc) is 2.98. The van der Waals surface area contributed by atoms with Crippen molar-refractivity contribution in [1.29, 1.82) is 0 Å². The molecule has 10 heteroatoms. The summed E-state index contributed by atoms with van der Waals surface area (Å²) < 4.78 is 0. The summed E-state index contributed by atoms with van der Waals surface area (Å²) in [6.45, 7) is 0. The van der Waals surface area contributed by atoms with Gasteiger partial charge in [0, 0.05) is 16.7 Å². The molecule has 1 aromatic heterocycles. The van der Waals surface area contributed by atoms with Crippen molar-refractivity contribution in [2.75, 3.05) is 5.75 Å². The molecule has 1 amide bonds. The van der Waals surface area contributed by atoms with E-state index in [-0.39, 0.29) is 5.70 Å². The van der Waals surface area contributed by atoms with Gasteiger partial charge in [0.1, 0.15) is 21.6 Å². The first-order valence-electron chi connectivity index (χ1n) is 5.44. The van der Waals surface area contributed by atoms with Crippen LogP contribution >= 0.6 is 35.3 Å². The number of rotatable bonds is 3. The van der Waals surface area contributed by atoms with Crippen LogP contribution in [0.4, 0.5) is 0 Å². The van der Waals surface area contributed by atoms with Gasteiger partial charge in [-0.1, -0.05) is 12.2 Å². The Balaban J connectivity index is 2.10. The third kappa shape index (κ3) is 1.65. The van der Waals surface area contributed by atoms with E-state index in [1.807, 2.05) is 0 Å². The SMILES string of the molecule is NC1(C=S)C(=O)N2C(C(=O)O)=C(c3nncs3)CS[C@H]21. The van der Waals surface area contributed by atoms with E-state index in [9.17, 15) is 14.7 Å². The number of amides is 1. The van der Waals surface area contributed by atoms with E-state index in [1.54, 1.807) is 0 Å². The van der Waals surface area contributed by atoms with Crippen LogP contribution in [0.2, 0.25) is 0 Å². The maximum atomic E-state index is 12.1. The Hall–Kier alpha value is -1.36. The summed E-state index contributed by atoms with van der Waals surface area (Å²) in [5, 5.41) is 18.2. The van der Waals surface area contributed by atoms with Crippen molar-refractivity contribution >= 4 is 58.1 Å². The fraction of sp³-hybridized carbons (Fsp3) is 0.300. The number of hydrogen-bond acceptors (Lipinski definition) is 8. The number of carboxylic acids is 1. The minimum atomic E-state index is -1.27. The molecule has 0 radical (unpaired) electrons. The number of thiocarbonyl (C=S) groups is 1. The summed E-state index contributed by atoms with van der Waals surface area (Å²) in [4.78, 5) is 24.8. The van der Waals surface area contributed by atoms with Gasteiger partial charge in [0.05, 0.1) is 0 Å². The molecular weight excluding hydrogens is 320 g/mol. The molecule has 1 fully saturated rings. The molecule has 0 aliphatic carbocycles. The van der Waals surface area contributed by atoms with Crippen molar-refractivity contribution < 1.29 is 14.7 Å². The van der Waals surface area contributed by atoms with Gasteiger partial charge in [-0.05, 0) is 0 Å². The molecule has 0 aromatic carbocycles. The van der Waals surface area contributed by atoms with Crippen molar-refractivity contribution in [3.8, 4) is 0 Å². The average molecular weight is 328 g/mol. The summed E-state index contributed by atoms with van der Waals surface area (Å²) in [6, 6.07) is 0. The Morgan fingerprint density at radius 1 is 1.70 bits per heavy atom. The number of nitrogens with two attached hydrogens (primary N) is 1. The van der Waals surface area contributed by atoms with Crippen LogP contribution in [0.15, 0.2) is 11.2 Å². The third-order valence-electron chi connectivity index (χ3n) is 3.16. The molecule has 0 spiro atoms. The number of hydrogen-bond donors (Lipinski definition) is 2. The minimum absolute atomic E-state index is 0.0755. The van der Waals surface area contributed by atoms with Crippen LogP contribution in [-0.2, 0) is 9.59 Å². The zero-order chi connectivity index (χ0) is 14.5. The summed E-state index contributed by atoms with van der Waals surface area (Å²) >= 11 is 7.41. The number of nitrogens with zero attached hydrogens (tertiary/aromatic N) is 3. The second-order valence-corrected chi connectivity index (χ2v) is 6.40. The summed E-state index contributed by atoms with van der Waals surface area (Å²) in [5.41, 5.74) is 6.57. The highest BCUT2D eigenvalue weighted by Gasteiger charge is 2.61. The van der Waals surface area contributed by atoms with E-state index < -0.39 is 22.8 Å². The molecule has 7 nitrogen and oxygen atoms in total. The van der Waals surface area contributed by atoms with Crippen molar-refractivity contribution in [1.82, 2.24) is 15.1 Å². The molecule has 1 aromatic rings. The zero-order valence-corrected chi connectivity index (χ0v) is 12.3. The number of carbonyl (C=O) groups is 2. The highest BCUT2D eigenvalue weighted by atomic mass is 32.2. The number of aliphatic carboxylic acids is 1. The second-order valence-electron chi connectivity index (χ2n) is 4.27. The molecule has 3 N–H and O–H groups in total. The van der Waals surface area contributed by atoms with Crippen molar-refractivity contribution in [3.63, 3.8) is 0 Å². The summed E-state index contributed by atoms with van der Waals surface area (Å²) in [7, 11) is 0. The van der Waals surface area contributed by atoms with Gasteiger partial charge >= 0.3 is 5.97 Å². The molecule has 20 heavy (non-hydrogen) atoms. The lowest BCUT2D eigenvalue weighted by Crippen LogP contribution is -2.78. The summed E-state index contributed by atoms with van der Waals surface area (Å²) in [6.07, 6.45) is 0. The Bertz CT molecular complexity index is 644. The molecular formula is C10H8N4O3S3. The normalized spacial score (nSPS) is 28.9. The van der Waals surface area contributed by atoms with E-state index in [4.69, 9.17) is 18.0 Å². The predicted molar refractivity (Wildman–Crippen MR) is 78.1 cm³/mol. The van der Waals surface area contributed by atoms with Crippen molar-refractivity contribution in [3.05, 3.63) is 16.2 Å².